The van der Waals surface area contributed by atoms with Gasteiger partial charge in [-0.3, -0.25) is 15.0 Å². The Morgan fingerprint density at radius 1 is 1.15 bits per heavy atom. The third-order valence-electron chi connectivity index (χ3n) is 6.00. The lowest BCUT2D eigenvalue weighted by atomic mass is 9.71. The third kappa shape index (κ3) is 5.64. The molecule has 3 rings (SSSR count). The molecule has 0 aliphatic carbocycles. The fraction of sp³-hybridized carbons (Fsp3) is 0.360. The number of carbonyl (C=O) groups excluding carboxylic acids is 2. The van der Waals surface area contributed by atoms with Crippen molar-refractivity contribution in [1.29, 1.82) is 5.41 Å². The maximum absolute atomic E-state index is 13.2. The number of carboxylic acid groups (broad SMARTS) is 1. The lowest BCUT2D eigenvalue weighted by Gasteiger charge is -2.43. The van der Waals surface area contributed by atoms with Gasteiger partial charge in [-0.2, -0.15) is 0 Å². The summed E-state index contributed by atoms with van der Waals surface area (Å²) in [5.74, 6) is -1.61. The van der Waals surface area contributed by atoms with Crippen LogP contribution in [0.3, 0.4) is 0 Å². The van der Waals surface area contributed by atoms with Crippen LogP contribution in [0.1, 0.15) is 42.6 Å². The topological polar surface area (TPSA) is 120 Å². The number of likely N-dealkylation sites (tertiary alicyclic amines) is 1. The number of amidine groups is 1. The van der Waals surface area contributed by atoms with Crippen LogP contribution in [-0.4, -0.2) is 53.3 Å². The molecule has 2 aromatic carbocycles. The fourth-order valence-corrected chi connectivity index (χ4v) is 4.52. The zero-order chi connectivity index (χ0) is 24.9. The van der Waals surface area contributed by atoms with Crippen LogP contribution in [-0.2, 0) is 15.0 Å². The first kappa shape index (κ1) is 25.4. The van der Waals surface area contributed by atoms with Gasteiger partial charge in [0.1, 0.15) is 11.6 Å². The molecule has 1 saturated heterocycles. The minimum Gasteiger partial charge on any atom is -0.481 e. The first-order chi connectivity index (χ1) is 16.1. The predicted molar refractivity (Wildman–Crippen MR) is 131 cm³/mol. The van der Waals surface area contributed by atoms with Crippen LogP contribution >= 0.6 is 15.9 Å². The van der Waals surface area contributed by atoms with Crippen LogP contribution < -0.4 is 10.1 Å². The van der Waals surface area contributed by atoms with E-state index in [1.165, 1.54) is 12.1 Å². The number of carbonyl (C=O) groups is 3. The number of benzene rings is 2. The van der Waals surface area contributed by atoms with E-state index in [0.29, 0.717) is 30.4 Å². The van der Waals surface area contributed by atoms with E-state index in [2.05, 4.69) is 21.2 Å². The maximum Gasteiger partial charge on any atom is 0.341 e. The number of rotatable bonds is 7. The first-order valence-electron chi connectivity index (χ1n) is 11.0. The van der Waals surface area contributed by atoms with Crippen LogP contribution in [0.25, 0.3) is 0 Å². The SMILES string of the molecule is CC(C)C(=O)N1CCC(C(=N)NC(=O)c2cc(Br)ccc2OCC(=O)O)(c2ccccc2)CC1. The molecule has 0 bridgehead atoms. The summed E-state index contributed by atoms with van der Waals surface area (Å²) in [6.45, 7) is 4.10. The van der Waals surface area contributed by atoms with E-state index in [-0.39, 0.29) is 29.0 Å². The average molecular weight is 530 g/mol. The molecule has 2 aromatic rings. The van der Waals surface area contributed by atoms with Gasteiger partial charge in [-0.1, -0.05) is 60.1 Å². The summed E-state index contributed by atoms with van der Waals surface area (Å²) >= 11 is 3.32. The Balaban J connectivity index is 1.87. The lowest BCUT2D eigenvalue weighted by molar-refractivity contribution is -0.139. The second-order valence-corrected chi connectivity index (χ2v) is 9.50. The van der Waals surface area contributed by atoms with Crippen molar-refractivity contribution >= 4 is 39.5 Å². The van der Waals surface area contributed by atoms with Crippen molar-refractivity contribution < 1.29 is 24.2 Å². The summed E-state index contributed by atoms with van der Waals surface area (Å²) in [5, 5.41) is 20.6. The molecule has 8 nitrogen and oxygen atoms in total. The van der Waals surface area contributed by atoms with E-state index in [4.69, 9.17) is 15.3 Å². The molecule has 34 heavy (non-hydrogen) atoms. The monoisotopic (exact) mass is 529 g/mol. The zero-order valence-corrected chi connectivity index (χ0v) is 20.7. The van der Waals surface area contributed by atoms with Crippen LogP contribution in [0.5, 0.6) is 5.75 Å². The highest BCUT2D eigenvalue weighted by Crippen LogP contribution is 2.37. The fourth-order valence-electron chi connectivity index (χ4n) is 4.16. The van der Waals surface area contributed by atoms with Gasteiger partial charge in [0.15, 0.2) is 6.61 Å². The van der Waals surface area contributed by atoms with Gasteiger partial charge in [-0.15, -0.1) is 0 Å². The van der Waals surface area contributed by atoms with Crippen molar-refractivity contribution in [2.75, 3.05) is 19.7 Å². The molecule has 1 fully saturated rings. The number of amides is 2. The summed E-state index contributed by atoms with van der Waals surface area (Å²) in [7, 11) is 0. The molecule has 0 unspecified atom stereocenters. The Morgan fingerprint density at radius 2 is 1.79 bits per heavy atom. The predicted octanol–water partition coefficient (Wildman–Crippen LogP) is 3.84. The average Bonchev–Trinajstić information content (AvgIpc) is 2.83. The van der Waals surface area contributed by atoms with E-state index < -0.39 is 23.9 Å². The van der Waals surface area contributed by atoms with Crippen molar-refractivity contribution in [3.05, 3.63) is 64.1 Å². The largest absolute Gasteiger partial charge is 0.481 e. The molecule has 2 amide bonds. The Labute approximate surface area is 206 Å². The molecule has 1 aliphatic rings. The lowest BCUT2D eigenvalue weighted by Crippen LogP contribution is -2.54. The van der Waals surface area contributed by atoms with Crippen molar-refractivity contribution in [3.8, 4) is 5.75 Å². The van der Waals surface area contributed by atoms with E-state index in [1.54, 1.807) is 6.07 Å². The molecule has 0 radical (unpaired) electrons. The molecular formula is C25H28BrN3O5. The van der Waals surface area contributed by atoms with Crippen LogP contribution in [0.15, 0.2) is 53.0 Å². The van der Waals surface area contributed by atoms with Gasteiger partial charge in [0.05, 0.1) is 11.0 Å². The number of piperidine rings is 1. The second-order valence-electron chi connectivity index (χ2n) is 8.58. The van der Waals surface area contributed by atoms with Crippen molar-refractivity contribution in [1.82, 2.24) is 10.2 Å². The number of carboxylic acids is 1. The number of hydrogen-bond acceptors (Lipinski definition) is 5. The van der Waals surface area contributed by atoms with Crippen LogP contribution in [0.4, 0.5) is 0 Å². The molecule has 0 atom stereocenters. The molecule has 3 N–H and O–H groups in total. The Bertz CT molecular complexity index is 1080. The number of nitrogens with zero attached hydrogens (tertiary/aromatic N) is 1. The van der Waals surface area contributed by atoms with Gasteiger partial charge in [0.2, 0.25) is 5.91 Å². The normalized spacial score (nSPS) is 15.0. The minimum absolute atomic E-state index is 0.0320. The molecule has 180 valence electrons. The highest BCUT2D eigenvalue weighted by molar-refractivity contribution is 9.10. The number of aliphatic carboxylic acids is 1. The minimum atomic E-state index is -1.16. The second kappa shape index (κ2) is 10.8. The van der Waals surface area contributed by atoms with Gasteiger partial charge in [-0.05, 0) is 36.6 Å². The maximum atomic E-state index is 13.2. The van der Waals surface area contributed by atoms with E-state index in [9.17, 15) is 14.4 Å². The van der Waals surface area contributed by atoms with Gasteiger partial charge in [-0.25, -0.2) is 4.79 Å². The highest BCUT2D eigenvalue weighted by atomic mass is 79.9. The molecule has 1 heterocycles. The summed E-state index contributed by atoms with van der Waals surface area (Å²) in [6, 6.07) is 14.2. The molecular weight excluding hydrogens is 502 g/mol. The van der Waals surface area contributed by atoms with Gasteiger partial charge < -0.3 is 20.1 Å². The highest BCUT2D eigenvalue weighted by Gasteiger charge is 2.42. The number of halogens is 1. The molecule has 0 saturated carbocycles. The van der Waals surface area contributed by atoms with Gasteiger partial charge >= 0.3 is 5.97 Å². The van der Waals surface area contributed by atoms with Crippen LogP contribution in [0.2, 0.25) is 0 Å². The smallest absolute Gasteiger partial charge is 0.341 e. The van der Waals surface area contributed by atoms with Crippen molar-refractivity contribution in [2.45, 2.75) is 32.1 Å². The number of ether oxygens (including phenoxy) is 1. The quantitative estimate of drug-likeness (QED) is 0.371. The standard InChI is InChI=1S/C25H28BrN3O5/c1-16(2)23(33)29-12-10-25(11-13-29,17-6-4-3-5-7-17)24(27)28-22(32)19-14-18(26)8-9-20(19)34-15-21(30)31/h3-9,14,16H,10-13,15H2,1-2H3,(H,30,31)(H2,27,28,32). The van der Waals surface area contributed by atoms with Crippen molar-refractivity contribution in [3.63, 3.8) is 0 Å². The van der Waals surface area contributed by atoms with E-state index in [1.807, 2.05) is 49.1 Å². The number of nitrogens with one attached hydrogen (secondary N) is 2. The molecule has 0 spiro atoms. The summed E-state index contributed by atoms with van der Waals surface area (Å²) in [6.07, 6.45) is 0.991. The van der Waals surface area contributed by atoms with Crippen LogP contribution in [0, 0.1) is 11.3 Å². The molecule has 1 aliphatic heterocycles. The van der Waals surface area contributed by atoms with Gasteiger partial charge in [0, 0.05) is 23.5 Å². The Kier molecular flexibility index (Phi) is 8.09. The Morgan fingerprint density at radius 3 is 2.38 bits per heavy atom. The summed E-state index contributed by atoms with van der Waals surface area (Å²) in [5.41, 5.74) is 0.253. The molecule has 0 aromatic heterocycles. The summed E-state index contributed by atoms with van der Waals surface area (Å²) in [4.78, 5) is 38.4. The third-order valence-corrected chi connectivity index (χ3v) is 6.50. The summed E-state index contributed by atoms with van der Waals surface area (Å²) < 4.78 is 5.89. The molecule has 9 heteroatoms. The first-order valence-corrected chi connectivity index (χ1v) is 11.8. The zero-order valence-electron chi connectivity index (χ0n) is 19.1. The van der Waals surface area contributed by atoms with E-state index in [0.717, 1.165) is 5.56 Å². The van der Waals surface area contributed by atoms with Crippen molar-refractivity contribution in [2.24, 2.45) is 5.92 Å². The van der Waals surface area contributed by atoms with Gasteiger partial charge in [0.25, 0.3) is 5.91 Å². The van der Waals surface area contributed by atoms with E-state index >= 15 is 0 Å². The number of hydrogen-bond donors (Lipinski definition) is 3. The Hall–Kier alpha value is -3.20.